The maximum atomic E-state index is 12.4. The molecule has 2 N–H and O–H groups in total. The summed E-state index contributed by atoms with van der Waals surface area (Å²) < 4.78 is 5.24. The molecule has 0 bridgehead atoms. The predicted molar refractivity (Wildman–Crippen MR) is 92.9 cm³/mol. The van der Waals surface area contributed by atoms with Crippen LogP contribution in [0.1, 0.15) is 44.9 Å². The number of carbonyl (C=O) groups excluding carboxylic acids is 2. The fourth-order valence-corrected chi connectivity index (χ4v) is 3.48. The van der Waals surface area contributed by atoms with E-state index in [1.807, 2.05) is 12.1 Å². The molecule has 0 radical (unpaired) electrons. The van der Waals surface area contributed by atoms with Crippen LogP contribution in [-0.2, 0) is 9.59 Å². The number of amides is 2. The van der Waals surface area contributed by atoms with E-state index in [4.69, 9.17) is 4.74 Å². The van der Waals surface area contributed by atoms with Crippen LogP contribution in [0.2, 0.25) is 0 Å². The van der Waals surface area contributed by atoms with Crippen LogP contribution in [0.25, 0.3) is 0 Å². The second-order valence-corrected chi connectivity index (χ2v) is 6.84. The van der Waals surface area contributed by atoms with E-state index in [9.17, 15) is 9.59 Å². The number of hydrogen-bond donors (Lipinski definition) is 2. The van der Waals surface area contributed by atoms with Crippen molar-refractivity contribution in [2.75, 3.05) is 12.4 Å². The summed E-state index contributed by atoms with van der Waals surface area (Å²) in [5, 5.41) is 6.03. The number of rotatable bonds is 5. The van der Waals surface area contributed by atoms with Crippen LogP contribution in [0, 0.1) is 11.8 Å². The molecule has 0 aromatic heterocycles. The van der Waals surface area contributed by atoms with Gasteiger partial charge in [0.05, 0.1) is 24.6 Å². The predicted octanol–water partition coefficient (Wildman–Crippen LogP) is 3.11. The molecule has 1 aromatic rings. The van der Waals surface area contributed by atoms with Gasteiger partial charge in [0.1, 0.15) is 5.75 Å². The summed E-state index contributed by atoms with van der Waals surface area (Å²) in [6, 6.07) is 7.60. The van der Waals surface area contributed by atoms with Crippen LogP contribution in [-0.4, -0.2) is 25.0 Å². The molecule has 3 rings (SSSR count). The molecule has 1 aromatic carbocycles. The van der Waals surface area contributed by atoms with Gasteiger partial charge in [-0.25, -0.2) is 0 Å². The molecule has 2 aliphatic rings. The Kier molecular flexibility index (Phi) is 5.38. The lowest BCUT2D eigenvalue weighted by atomic mass is 10.1. The van der Waals surface area contributed by atoms with Crippen molar-refractivity contribution >= 4 is 17.5 Å². The molecular weight excluding hydrogens is 304 g/mol. The number of para-hydroxylation sites is 2. The van der Waals surface area contributed by atoms with E-state index >= 15 is 0 Å². The van der Waals surface area contributed by atoms with Gasteiger partial charge in [-0.1, -0.05) is 37.8 Å². The van der Waals surface area contributed by atoms with Crippen molar-refractivity contribution in [2.45, 2.75) is 51.0 Å². The fraction of sp³-hybridized carbons (Fsp3) is 0.579. The molecule has 24 heavy (non-hydrogen) atoms. The number of methoxy groups -OCH3 is 1. The molecule has 0 heterocycles. The van der Waals surface area contributed by atoms with Gasteiger partial charge in [0.25, 0.3) is 0 Å². The highest BCUT2D eigenvalue weighted by Crippen LogP contribution is 2.40. The number of hydrogen-bond acceptors (Lipinski definition) is 3. The van der Waals surface area contributed by atoms with Gasteiger partial charge >= 0.3 is 0 Å². The van der Waals surface area contributed by atoms with Gasteiger partial charge in [0.2, 0.25) is 11.8 Å². The standard InChI is InChI=1S/C19H26N2O3/c1-24-17-11-7-6-10-16(17)21-19(23)15-12-14(15)18(22)20-13-8-4-2-3-5-9-13/h6-7,10-11,13-15H,2-5,8-9,12H2,1H3,(H,20,22)(H,21,23). The normalized spacial score (nSPS) is 23.9. The average molecular weight is 330 g/mol. The summed E-state index contributed by atoms with van der Waals surface area (Å²) in [6.07, 6.45) is 7.67. The first-order valence-electron chi connectivity index (χ1n) is 8.93. The van der Waals surface area contributed by atoms with E-state index in [2.05, 4.69) is 10.6 Å². The largest absolute Gasteiger partial charge is 0.495 e. The number of anilines is 1. The molecule has 2 saturated carbocycles. The topological polar surface area (TPSA) is 67.4 Å². The molecule has 2 atom stereocenters. The first-order chi connectivity index (χ1) is 11.7. The third kappa shape index (κ3) is 4.08. The zero-order valence-corrected chi connectivity index (χ0v) is 14.2. The van der Waals surface area contributed by atoms with Crippen LogP contribution in [0.4, 0.5) is 5.69 Å². The summed E-state index contributed by atoms with van der Waals surface area (Å²) in [4.78, 5) is 24.7. The van der Waals surface area contributed by atoms with E-state index in [-0.39, 0.29) is 23.7 Å². The third-order valence-electron chi connectivity index (χ3n) is 5.03. The minimum absolute atomic E-state index is 0.0436. The lowest BCUT2D eigenvalue weighted by molar-refractivity contribution is -0.125. The van der Waals surface area contributed by atoms with E-state index in [1.165, 1.54) is 25.7 Å². The maximum Gasteiger partial charge on any atom is 0.228 e. The summed E-state index contributed by atoms with van der Waals surface area (Å²) in [5.74, 6) is 0.178. The molecule has 2 aliphatic carbocycles. The minimum Gasteiger partial charge on any atom is -0.495 e. The first kappa shape index (κ1) is 16.8. The van der Waals surface area contributed by atoms with E-state index < -0.39 is 0 Å². The Morgan fingerprint density at radius 3 is 2.38 bits per heavy atom. The van der Waals surface area contributed by atoms with Gasteiger partial charge in [-0.3, -0.25) is 9.59 Å². The Bertz CT molecular complexity index is 594. The zero-order chi connectivity index (χ0) is 16.9. The van der Waals surface area contributed by atoms with Gasteiger partial charge in [-0.2, -0.15) is 0 Å². The quantitative estimate of drug-likeness (QED) is 0.815. The fourth-order valence-electron chi connectivity index (χ4n) is 3.48. The van der Waals surface area contributed by atoms with E-state index in [1.54, 1.807) is 19.2 Å². The number of nitrogens with one attached hydrogen (secondary N) is 2. The third-order valence-corrected chi connectivity index (χ3v) is 5.03. The van der Waals surface area contributed by atoms with Gasteiger partial charge in [0, 0.05) is 6.04 Å². The molecule has 2 amide bonds. The highest BCUT2D eigenvalue weighted by Gasteiger charge is 2.48. The van der Waals surface area contributed by atoms with Gasteiger partial charge < -0.3 is 15.4 Å². The van der Waals surface area contributed by atoms with Crippen molar-refractivity contribution in [1.82, 2.24) is 5.32 Å². The lowest BCUT2D eigenvalue weighted by Gasteiger charge is -2.16. The van der Waals surface area contributed by atoms with Gasteiger partial charge in [0.15, 0.2) is 0 Å². The Hall–Kier alpha value is -2.04. The summed E-state index contributed by atoms with van der Waals surface area (Å²) in [5.41, 5.74) is 0.653. The van der Waals surface area contributed by atoms with Crippen LogP contribution < -0.4 is 15.4 Å². The molecular formula is C19H26N2O3. The summed E-state index contributed by atoms with van der Waals surface area (Å²) >= 11 is 0. The molecule has 0 aliphatic heterocycles. The highest BCUT2D eigenvalue weighted by atomic mass is 16.5. The molecule has 0 saturated heterocycles. The molecule has 130 valence electrons. The first-order valence-corrected chi connectivity index (χ1v) is 8.93. The Balaban J connectivity index is 1.50. The van der Waals surface area contributed by atoms with Crippen molar-refractivity contribution in [1.29, 1.82) is 0 Å². The average Bonchev–Trinajstić information content (AvgIpc) is 3.40. The van der Waals surface area contributed by atoms with Crippen LogP contribution >= 0.6 is 0 Å². The van der Waals surface area contributed by atoms with Crippen molar-refractivity contribution < 1.29 is 14.3 Å². The number of benzene rings is 1. The molecule has 2 fully saturated rings. The molecule has 2 unspecified atom stereocenters. The SMILES string of the molecule is COc1ccccc1NC(=O)C1CC1C(=O)NC1CCCCCC1. The maximum absolute atomic E-state index is 12.4. The number of ether oxygens (including phenoxy) is 1. The number of carbonyl (C=O) groups is 2. The molecule has 0 spiro atoms. The lowest BCUT2D eigenvalue weighted by Crippen LogP contribution is -2.36. The Morgan fingerprint density at radius 1 is 1.00 bits per heavy atom. The van der Waals surface area contributed by atoms with Crippen LogP contribution in [0.3, 0.4) is 0 Å². The van der Waals surface area contributed by atoms with Crippen molar-refractivity contribution in [3.05, 3.63) is 24.3 Å². The van der Waals surface area contributed by atoms with E-state index in [0.717, 1.165) is 12.8 Å². The monoisotopic (exact) mass is 330 g/mol. The van der Waals surface area contributed by atoms with Crippen LogP contribution in [0.15, 0.2) is 24.3 Å². The smallest absolute Gasteiger partial charge is 0.228 e. The summed E-state index contributed by atoms with van der Waals surface area (Å²) in [6.45, 7) is 0. The zero-order valence-electron chi connectivity index (χ0n) is 14.2. The summed E-state index contributed by atoms with van der Waals surface area (Å²) in [7, 11) is 1.57. The van der Waals surface area contributed by atoms with Crippen molar-refractivity contribution in [3.63, 3.8) is 0 Å². The Labute approximate surface area is 143 Å². The van der Waals surface area contributed by atoms with Crippen molar-refractivity contribution in [2.24, 2.45) is 11.8 Å². The van der Waals surface area contributed by atoms with Gasteiger partial charge in [-0.15, -0.1) is 0 Å². The van der Waals surface area contributed by atoms with Crippen LogP contribution in [0.5, 0.6) is 5.75 Å². The van der Waals surface area contributed by atoms with E-state index in [0.29, 0.717) is 23.9 Å². The van der Waals surface area contributed by atoms with Gasteiger partial charge in [-0.05, 0) is 31.4 Å². The minimum atomic E-state index is -0.222. The van der Waals surface area contributed by atoms with Crippen molar-refractivity contribution in [3.8, 4) is 5.75 Å². The molecule has 5 heteroatoms. The Morgan fingerprint density at radius 2 is 1.67 bits per heavy atom. The second-order valence-electron chi connectivity index (χ2n) is 6.84. The highest BCUT2D eigenvalue weighted by molar-refractivity contribution is 6.00. The molecule has 5 nitrogen and oxygen atoms in total. The second kappa shape index (κ2) is 7.69.